The molecule has 7 heteroatoms. The molecule has 0 unspecified atom stereocenters. The van der Waals surface area contributed by atoms with E-state index in [0.717, 1.165) is 11.3 Å². The van der Waals surface area contributed by atoms with Crippen molar-refractivity contribution in [3.63, 3.8) is 0 Å². The first-order chi connectivity index (χ1) is 14.9. The number of imide groups is 1. The lowest BCUT2D eigenvalue weighted by molar-refractivity contribution is -0.134. The van der Waals surface area contributed by atoms with E-state index in [9.17, 15) is 14.4 Å². The molecule has 1 aliphatic rings. The minimum atomic E-state index is -1.36. The molecule has 1 saturated heterocycles. The summed E-state index contributed by atoms with van der Waals surface area (Å²) in [6, 6.07) is 17.5. The number of hydrogen-bond acceptors (Lipinski definition) is 4. The Morgan fingerprint density at radius 1 is 1.00 bits per heavy atom. The Hall–Kier alpha value is -3.19. The van der Waals surface area contributed by atoms with Crippen LogP contribution in [-0.2, 0) is 19.9 Å². The summed E-state index contributed by atoms with van der Waals surface area (Å²) in [5.74, 6) is -0.324. The molecule has 31 heavy (non-hydrogen) atoms. The Morgan fingerprint density at radius 2 is 1.58 bits per heavy atom. The number of hydrogen-bond donors (Lipinski definition) is 2. The lowest BCUT2D eigenvalue weighted by Gasteiger charge is -2.28. The standard InChI is InChI=1S/C24H29N3O4/c1-18(2)13-15-31-16-14-25-21(28)17-27-22(29)24(26-23(27)30,19-9-5-3-6-10-19)20-11-7-4-8-12-20/h3-12,18H,13-17H2,1-2H3,(H,25,28)(H,26,30). The minimum absolute atomic E-state index is 0.323. The van der Waals surface area contributed by atoms with Crippen LogP contribution in [0.25, 0.3) is 0 Å². The Kier molecular flexibility index (Phi) is 7.41. The Labute approximate surface area is 182 Å². The summed E-state index contributed by atoms with van der Waals surface area (Å²) in [4.78, 5) is 39.6. The largest absolute Gasteiger partial charge is 0.380 e. The van der Waals surface area contributed by atoms with Crippen LogP contribution >= 0.6 is 0 Å². The zero-order valence-electron chi connectivity index (χ0n) is 18.0. The molecule has 2 aromatic carbocycles. The van der Waals surface area contributed by atoms with Crippen molar-refractivity contribution in [3.8, 4) is 0 Å². The van der Waals surface area contributed by atoms with Gasteiger partial charge in [0.05, 0.1) is 6.61 Å². The fraction of sp³-hybridized carbons (Fsp3) is 0.375. The van der Waals surface area contributed by atoms with E-state index in [1.807, 2.05) is 36.4 Å². The monoisotopic (exact) mass is 423 g/mol. The normalized spacial score (nSPS) is 15.3. The first kappa shape index (κ1) is 22.5. The van der Waals surface area contributed by atoms with Crippen LogP contribution in [0.15, 0.2) is 60.7 Å². The fourth-order valence-electron chi connectivity index (χ4n) is 3.54. The van der Waals surface area contributed by atoms with Crippen molar-refractivity contribution in [2.45, 2.75) is 25.8 Å². The molecule has 0 bridgehead atoms. The van der Waals surface area contributed by atoms with E-state index in [1.165, 1.54) is 0 Å². The predicted molar refractivity (Wildman–Crippen MR) is 117 cm³/mol. The quantitative estimate of drug-likeness (QED) is 0.454. The van der Waals surface area contributed by atoms with Crippen molar-refractivity contribution in [2.24, 2.45) is 5.92 Å². The molecule has 1 heterocycles. The van der Waals surface area contributed by atoms with Crippen LogP contribution < -0.4 is 10.6 Å². The number of ether oxygens (including phenoxy) is 1. The van der Waals surface area contributed by atoms with Crippen LogP contribution in [0.5, 0.6) is 0 Å². The van der Waals surface area contributed by atoms with Crippen LogP contribution in [0.3, 0.4) is 0 Å². The average Bonchev–Trinajstić information content (AvgIpc) is 3.03. The van der Waals surface area contributed by atoms with Crippen LogP contribution in [0.2, 0.25) is 0 Å². The zero-order chi connectivity index (χ0) is 22.3. The number of carbonyl (C=O) groups is 3. The van der Waals surface area contributed by atoms with Gasteiger partial charge < -0.3 is 15.4 Å². The minimum Gasteiger partial charge on any atom is -0.380 e. The van der Waals surface area contributed by atoms with Crippen LogP contribution in [0, 0.1) is 5.92 Å². The number of amides is 4. The molecule has 0 saturated carbocycles. The summed E-state index contributed by atoms with van der Waals surface area (Å²) >= 11 is 0. The molecule has 2 N–H and O–H groups in total. The van der Waals surface area contributed by atoms with Gasteiger partial charge in [0.25, 0.3) is 5.91 Å². The molecule has 0 radical (unpaired) electrons. The van der Waals surface area contributed by atoms with E-state index in [4.69, 9.17) is 4.74 Å². The van der Waals surface area contributed by atoms with Crippen molar-refractivity contribution in [1.82, 2.24) is 15.5 Å². The highest BCUT2D eigenvalue weighted by Crippen LogP contribution is 2.35. The molecular formula is C24H29N3O4. The van der Waals surface area contributed by atoms with Crippen LogP contribution in [0.4, 0.5) is 4.79 Å². The highest BCUT2D eigenvalue weighted by molar-refractivity contribution is 6.11. The van der Waals surface area contributed by atoms with Crippen molar-refractivity contribution in [3.05, 3.63) is 71.8 Å². The molecule has 1 aliphatic heterocycles. The smallest absolute Gasteiger partial charge is 0.326 e. The summed E-state index contributed by atoms with van der Waals surface area (Å²) in [5, 5.41) is 5.54. The van der Waals surface area contributed by atoms with Gasteiger partial charge in [0, 0.05) is 13.2 Å². The third kappa shape index (κ3) is 5.11. The number of urea groups is 1. The van der Waals surface area contributed by atoms with Gasteiger partial charge >= 0.3 is 6.03 Å². The second kappa shape index (κ2) is 10.2. The Balaban J connectivity index is 1.69. The Morgan fingerprint density at radius 3 is 2.13 bits per heavy atom. The van der Waals surface area contributed by atoms with Crippen molar-refractivity contribution >= 4 is 17.8 Å². The molecular weight excluding hydrogens is 394 g/mol. The van der Waals surface area contributed by atoms with E-state index in [2.05, 4.69) is 24.5 Å². The molecule has 0 aliphatic carbocycles. The number of nitrogens with zero attached hydrogens (tertiary/aromatic N) is 1. The number of nitrogens with one attached hydrogen (secondary N) is 2. The van der Waals surface area contributed by atoms with Gasteiger partial charge in [-0.1, -0.05) is 74.5 Å². The van der Waals surface area contributed by atoms with Gasteiger partial charge in [-0.05, 0) is 23.5 Å². The highest BCUT2D eigenvalue weighted by atomic mass is 16.5. The SMILES string of the molecule is CC(C)CCOCCNC(=O)CN1C(=O)NC(c2ccccc2)(c2ccccc2)C1=O. The summed E-state index contributed by atoms with van der Waals surface area (Å²) in [5.41, 5.74) is -0.0816. The van der Waals surface area contributed by atoms with E-state index in [1.54, 1.807) is 24.3 Å². The van der Waals surface area contributed by atoms with Gasteiger partial charge in [-0.15, -0.1) is 0 Å². The molecule has 0 aromatic heterocycles. The number of benzene rings is 2. The first-order valence-electron chi connectivity index (χ1n) is 10.5. The Bertz CT molecular complexity index is 860. The fourth-order valence-corrected chi connectivity index (χ4v) is 3.54. The molecule has 4 amide bonds. The van der Waals surface area contributed by atoms with E-state index in [-0.39, 0.29) is 6.54 Å². The van der Waals surface area contributed by atoms with Crippen LogP contribution in [0.1, 0.15) is 31.4 Å². The van der Waals surface area contributed by atoms with Crippen molar-refractivity contribution < 1.29 is 19.1 Å². The lowest BCUT2D eigenvalue weighted by Crippen LogP contribution is -2.46. The van der Waals surface area contributed by atoms with E-state index < -0.39 is 23.4 Å². The highest BCUT2D eigenvalue weighted by Gasteiger charge is 2.53. The third-order valence-corrected chi connectivity index (χ3v) is 5.23. The summed E-state index contributed by atoms with van der Waals surface area (Å²) in [6.45, 7) is 5.23. The summed E-state index contributed by atoms with van der Waals surface area (Å²) in [7, 11) is 0. The van der Waals surface area contributed by atoms with E-state index in [0.29, 0.717) is 36.8 Å². The average molecular weight is 424 g/mol. The topological polar surface area (TPSA) is 87.7 Å². The maximum atomic E-state index is 13.5. The zero-order valence-corrected chi connectivity index (χ0v) is 18.0. The van der Waals surface area contributed by atoms with E-state index >= 15 is 0 Å². The van der Waals surface area contributed by atoms with Gasteiger partial charge in [-0.25, -0.2) is 4.79 Å². The molecule has 1 fully saturated rings. The second-order valence-electron chi connectivity index (χ2n) is 7.95. The van der Waals surface area contributed by atoms with Gasteiger partial charge in [-0.3, -0.25) is 14.5 Å². The number of rotatable bonds is 10. The van der Waals surface area contributed by atoms with Crippen LogP contribution in [-0.4, -0.2) is 49.0 Å². The molecule has 7 nitrogen and oxygen atoms in total. The number of carbonyl (C=O) groups excluding carboxylic acids is 3. The second-order valence-corrected chi connectivity index (χ2v) is 7.95. The van der Waals surface area contributed by atoms with Gasteiger partial charge in [-0.2, -0.15) is 0 Å². The van der Waals surface area contributed by atoms with Gasteiger partial charge in [0.2, 0.25) is 5.91 Å². The van der Waals surface area contributed by atoms with Gasteiger partial charge in [0.15, 0.2) is 5.54 Å². The molecule has 3 rings (SSSR count). The molecule has 0 spiro atoms. The maximum absolute atomic E-state index is 13.5. The summed E-state index contributed by atoms with van der Waals surface area (Å²) in [6.07, 6.45) is 0.956. The third-order valence-electron chi connectivity index (χ3n) is 5.23. The van der Waals surface area contributed by atoms with Crippen molar-refractivity contribution in [1.29, 1.82) is 0 Å². The summed E-state index contributed by atoms with van der Waals surface area (Å²) < 4.78 is 5.48. The lowest BCUT2D eigenvalue weighted by atomic mass is 9.82. The van der Waals surface area contributed by atoms with Crippen molar-refractivity contribution in [2.75, 3.05) is 26.3 Å². The first-order valence-corrected chi connectivity index (χ1v) is 10.5. The molecule has 2 aromatic rings. The predicted octanol–water partition coefficient (Wildman–Crippen LogP) is 2.66. The molecule has 0 atom stereocenters. The van der Waals surface area contributed by atoms with Gasteiger partial charge in [0.1, 0.15) is 6.54 Å². The molecule has 164 valence electrons. The maximum Gasteiger partial charge on any atom is 0.326 e.